The number of carboxylic acids is 1. The molecular weight excluding hydrogens is 534 g/mol. The van der Waals surface area contributed by atoms with Crippen LogP contribution in [0.5, 0.6) is 0 Å². The van der Waals surface area contributed by atoms with Crippen LogP contribution in [0, 0.1) is 20.2 Å². The Balaban J connectivity index is 1.65. The second-order valence-corrected chi connectivity index (χ2v) is 9.34. The van der Waals surface area contributed by atoms with E-state index in [4.69, 9.17) is 0 Å². The predicted octanol–water partition coefficient (Wildman–Crippen LogP) is 3.48. The van der Waals surface area contributed by atoms with Crippen LogP contribution in [0.3, 0.4) is 0 Å². The number of H-pyrrole nitrogens is 1. The summed E-state index contributed by atoms with van der Waals surface area (Å²) in [7, 11) is 1.27. The number of carbonyl (C=O) groups excluding carboxylic acids is 2. The van der Waals surface area contributed by atoms with E-state index in [-0.39, 0.29) is 18.4 Å². The first kappa shape index (κ1) is 28.4. The minimum absolute atomic E-state index is 0.0225. The maximum Gasteiger partial charge on any atom is 0.326 e. The molecule has 0 fully saturated rings. The lowest BCUT2D eigenvalue weighted by atomic mass is 10.0. The van der Waals surface area contributed by atoms with Gasteiger partial charge in [-0.2, -0.15) is 0 Å². The van der Waals surface area contributed by atoms with Gasteiger partial charge in [0.2, 0.25) is 5.91 Å². The molecule has 1 heterocycles. The van der Waals surface area contributed by atoms with Crippen molar-refractivity contribution >= 4 is 40.1 Å². The summed E-state index contributed by atoms with van der Waals surface area (Å²) in [6.07, 6.45) is 1.60. The molecule has 0 saturated heterocycles. The second-order valence-electron chi connectivity index (χ2n) is 9.34. The van der Waals surface area contributed by atoms with Crippen molar-refractivity contribution in [1.82, 2.24) is 15.2 Å². The van der Waals surface area contributed by atoms with Crippen molar-refractivity contribution < 1.29 is 29.3 Å². The van der Waals surface area contributed by atoms with Crippen molar-refractivity contribution in [2.75, 3.05) is 7.05 Å². The van der Waals surface area contributed by atoms with Crippen LogP contribution in [0.1, 0.15) is 21.5 Å². The van der Waals surface area contributed by atoms with E-state index in [0.717, 1.165) is 34.0 Å². The molecule has 0 aliphatic carbocycles. The summed E-state index contributed by atoms with van der Waals surface area (Å²) in [6, 6.07) is 15.9. The first-order valence-electron chi connectivity index (χ1n) is 12.4. The number of nitro benzene ring substituents is 2. The van der Waals surface area contributed by atoms with Gasteiger partial charge in [-0.05, 0) is 17.2 Å². The van der Waals surface area contributed by atoms with Gasteiger partial charge in [-0.15, -0.1) is 0 Å². The highest BCUT2D eigenvalue weighted by atomic mass is 16.6. The van der Waals surface area contributed by atoms with Crippen LogP contribution in [0.25, 0.3) is 10.9 Å². The zero-order valence-electron chi connectivity index (χ0n) is 21.7. The molecule has 13 heteroatoms. The molecule has 4 rings (SSSR count). The summed E-state index contributed by atoms with van der Waals surface area (Å²) < 4.78 is 0. The number of carboxylic acid groups (broad SMARTS) is 1. The molecule has 4 aromatic rings. The van der Waals surface area contributed by atoms with Crippen LogP contribution in [0.2, 0.25) is 0 Å². The number of hydrogen-bond acceptors (Lipinski definition) is 7. The fraction of sp³-hybridized carbons (Fsp3) is 0.179. The lowest BCUT2D eigenvalue weighted by Crippen LogP contribution is -2.53. The van der Waals surface area contributed by atoms with E-state index >= 15 is 0 Å². The van der Waals surface area contributed by atoms with Crippen LogP contribution < -0.4 is 5.32 Å². The molecule has 2 atom stereocenters. The molecular formula is C28H25N5O8. The van der Waals surface area contributed by atoms with Crippen LogP contribution in [-0.4, -0.2) is 61.8 Å². The first-order chi connectivity index (χ1) is 19.5. The van der Waals surface area contributed by atoms with Crippen molar-refractivity contribution in [2.45, 2.75) is 24.9 Å². The third-order valence-electron chi connectivity index (χ3n) is 6.65. The van der Waals surface area contributed by atoms with Crippen LogP contribution in [-0.2, 0) is 22.4 Å². The number of aromatic amines is 1. The van der Waals surface area contributed by atoms with Crippen molar-refractivity contribution in [3.8, 4) is 0 Å². The van der Waals surface area contributed by atoms with Crippen molar-refractivity contribution in [3.05, 3.63) is 116 Å². The first-order valence-corrected chi connectivity index (χ1v) is 12.4. The average Bonchev–Trinajstić information content (AvgIpc) is 3.37. The highest BCUT2D eigenvalue weighted by Crippen LogP contribution is 2.25. The van der Waals surface area contributed by atoms with Gasteiger partial charge in [0.25, 0.3) is 17.3 Å². The molecule has 2 amide bonds. The number of nitro groups is 2. The minimum atomic E-state index is -1.35. The maximum atomic E-state index is 13.6. The fourth-order valence-electron chi connectivity index (χ4n) is 4.51. The molecule has 0 radical (unpaired) electrons. The number of rotatable bonds is 11. The molecule has 210 valence electrons. The molecule has 13 nitrogen and oxygen atoms in total. The molecule has 3 N–H and O–H groups in total. The van der Waals surface area contributed by atoms with Gasteiger partial charge in [0.15, 0.2) is 0 Å². The Hall–Kier alpha value is -5.59. The molecule has 0 aliphatic heterocycles. The number of non-ortho nitro benzene ring substituents is 2. The average molecular weight is 560 g/mol. The SMILES string of the molecule is CN(C(=O)c1cc([N+](=O)[O-])cc([N+](=O)[O-])c1)[C@@H](Cc1ccccc1)C(=O)N[C@@H](Cc1c[nH]c2ccccc12)C(=O)O. The Morgan fingerprint density at radius 2 is 1.54 bits per heavy atom. The van der Waals surface area contributed by atoms with Gasteiger partial charge < -0.3 is 20.3 Å². The summed E-state index contributed by atoms with van der Waals surface area (Å²) in [4.78, 5) is 64.2. The Bertz CT molecular complexity index is 1600. The smallest absolute Gasteiger partial charge is 0.326 e. The largest absolute Gasteiger partial charge is 0.480 e. The van der Waals surface area contributed by atoms with Crippen LogP contribution in [0.15, 0.2) is 79.0 Å². The number of fused-ring (bicyclic) bond motifs is 1. The standard InChI is InChI=1S/C28H25N5O8/c1-31(27(35)18-12-20(32(38)39)15-21(13-18)33(40)41)25(11-17-7-3-2-4-8-17)26(34)30-24(28(36)37)14-19-16-29-23-10-6-5-9-22(19)23/h2-10,12-13,15-16,24-25,29H,11,14H2,1H3,(H,30,34)(H,36,37)/t24-,25-/m0/s1. The number of carbonyl (C=O) groups is 3. The maximum absolute atomic E-state index is 13.6. The number of aromatic nitrogens is 1. The molecule has 3 aromatic carbocycles. The van der Waals surface area contributed by atoms with Crippen molar-refractivity contribution in [2.24, 2.45) is 0 Å². The van der Waals surface area contributed by atoms with Gasteiger partial charge in [0, 0.05) is 49.1 Å². The number of nitrogens with zero attached hydrogens (tertiary/aromatic N) is 3. The molecule has 1 aromatic heterocycles. The number of likely N-dealkylation sites (N-methyl/N-ethyl adjacent to an activating group) is 1. The number of amides is 2. The van der Waals surface area contributed by atoms with Gasteiger partial charge >= 0.3 is 5.97 Å². The topological polar surface area (TPSA) is 189 Å². The normalized spacial score (nSPS) is 12.3. The third kappa shape index (κ3) is 6.53. The minimum Gasteiger partial charge on any atom is -0.480 e. The van der Waals surface area contributed by atoms with Crippen molar-refractivity contribution in [3.63, 3.8) is 0 Å². The Morgan fingerprint density at radius 3 is 2.15 bits per heavy atom. The Morgan fingerprint density at radius 1 is 0.927 bits per heavy atom. The number of para-hydroxylation sites is 1. The van der Waals surface area contributed by atoms with E-state index in [0.29, 0.717) is 11.1 Å². The molecule has 41 heavy (non-hydrogen) atoms. The van der Waals surface area contributed by atoms with Gasteiger partial charge in [-0.3, -0.25) is 29.8 Å². The third-order valence-corrected chi connectivity index (χ3v) is 6.65. The monoisotopic (exact) mass is 559 g/mol. The molecule has 0 bridgehead atoms. The summed E-state index contributed by atoms with van der Waals surface area (Å²) in [6.45, 7) is 0. The lowest BCUT2D eigenvalue weighted by molar-refractivity contribution is -0.394. The zero-order valence-corrected chi connectivity index (χ0v) is 21.7. The highest BCUT2D eigenvalue weighted by molar-refractivity contribution is 5.99. The van der Waals surface area contributed by atoms with E-state index in [1.807, 2.05) is 24.3 Å². The molecule has 0 aliphatic rings. The Labute approximate surface area is 232 Å². The molecule has 0 unspecified atom stereocenters. The number of nitrogens with one attached hydrogen (secondary N) is 2. The van der Waals surface area contributed by atoms with Gasteiger partial charge in [0.05, 0.1) is 21.5 Å². The summed E-state index contributed by atoms with van der Waals surface area (Å²) in [5, 5.41) is 35.9. The van der Waals surface area contributed by atoms with Gasteiger partial charge in [-0.1, -0.05) is 48.5 Å². The summed E-state index contributed by atoms with van der Waals surface area (Å²) in [5.74, 6) is -2.96. The quantitative estimate of drug-likeness (QED) is 0.184. The van der Waals surface area contributed by atoms with E-state index in [2.05, 4.69) is 10.3 Å². The fourth-order valence-corrected chi connectivity index (χ4v) is 4.51. The van der Waals surface area contributed by atoms with Gasteiger partial charge in [0.1, 0.15) is 12.1 Å². The van der Waals surface area contributed by atoms with Crippen LogP contribution >= 0.6 is 0 Å². The Kier molecular flexibility index (Phi) is 8.37. The van der Waals surface area contributed by atoms with Gasteiger partial charge in [-0.25, -0.2) is 4.79 Å². The zero-order chi connectivity index (χ0) is 29.7. The lowest BCUT2D eigenvalue weighted by Gasteiger charge is -2.29. The number of aliphatic carboxylic acids is 1. The van der Waals surface area contributed by atoms with E-state index in [1.54, 1.807) is 36.5 Å². The van der Waals surface area contributed by atoms with E-state index < -0.39 is 51.1 Å². The van der Waals surface area contributed by atoms with Crippen LogP contribution in [0.4, 0.5) is 11.4 Å². The number of benzene rings is 3. The molecule has 0 saturated carbocycles. The summed E-state index contributed by atoms with van der Waals surface area (Å²) >= 11 is 0. The predicted molar refractivity (Wildman–Crippen MR) is 147 cm³/mol. The number of hydrogen-bond donors (Lipinski definition) is 3. The molecule has 0 spiro atoms. The summed E-state index contributed by atoms with van der Waals surface area (Å²) in [5.41, 5.74) is 0.431. The second kappa shape index (κ2) is 12.1. The van der Waals surface area contributed by atoms with E-state index in [9.17, 15) is 39.7 Å². The highest BCUT2D eigenvalue weighted by Gasteiger charge is 2.33. The van der Waals surface area contributed by atoms with Crippen molar-refractivity contribution in [1.29, 1.82) is 0 Å². The van der Waals surface area contributed by atoms with E-state index in [1.165, 1.54) is 7.05 Å².